The van der Waals surface area contributed by atoms with Crippen LogP contribution in [0, 0.1) is 18.3 Å². The van der Waals surface area contributed by atoms with E-state index in [1.807, 2.05) is 22.9 Å². The van der Waals surface area contributed by atoms with Crippen LogP contribution in [-0.2, 0) is 16.6 Å². The van der Waals surface area contributed by atoms with Gasteiger partial charge in [-0.2, -0.15) is 4.31 Å². The quantitative estimate of drug-likeness (QED) is 0.830. The Hall–Kier alpha value is -0.920. The minimum Gasteiger partial charge on any atom is -0.293 e. The Balaban J connectivity index is 1.55. The monoisotopic (exact) mass is 353 g/mol. The molecule has 0 amide bonds. The summed E-state index contributed by atoms with van der Waals surface area (Å²) in [7, 11) is -1.53. The van der Waals surface area contributed by atoms with Crippen LogP contribution in [0.15, 0.2) is 11.6 Å². The highest BCUT2D eigenvalue weighted by atomic mass is 32.2. The third-order valence-corrected chi connectivity index (χ3v) is 8.60. The molecule has 0 aliphatic heterocycles. The van der Waals surface area contributed by atoms with Crippen LogP contribution in [0.3, 0.4) is 0 Å². The molecular weight excluding hydrogens is 330 g/mol. The summed E-state index contributed by atoms with van der Waals surface area (Å²) in [4.78, 5) is 5.44. The minimum atomic E-state index is -3.24. The standard InChI is InChI=1S/C16H23N3O2S2/c1-12-14(19-7-8-22-15(19)17-12)10-18(2)23(20,21)11-16-5-3-13(9-16)4-6-16/h7-8,13H,3-6,9-11H2,1-2H3. The number of imidazole rings is 1. The fraction of sp³-hybridized carbons (Fsp3) is 0.688. The van der Waals surface area contributed by atoms with Gasteiger partial charge in [-0.3, -0.25) is 4.40 Å². The highest BCUT2D eigenvalue weighted by Gasteiger charge is 2.47. The summed E-state index contributed by atoms with van der Waals surface area (Å²) in [6.45, 7) is 2.35. The molecule has 2 aliphatic rings. The maximum absolute atomic E-state index is 12.9. The fourth-order valence-corrected chi connectivity index (χ4v) is 6.95. The van der Waals surface area contributed by atoms with E-state index in [0.717, 1.165) is 41.5 Å². The van der Waals surface area contributed by atoms with Crippen LogP contribution in [0.1, 0.15) is 43.5 Å². The van der Waals surface area contributed by atoms with E-state index < -0.39 is 10.0 Å². The Kier molecular flexibility index (Phi) is 3.59. The Morgan fingerprint density at radius 1 is 1.43 bits per heavy atom. The Morgan fingerprint density at radius 2 is 2.17 bits per heavy atom. The number of hydrogen-bond acceptors (Lipinski definition) is 4. The van der Waals surface area contributed by atoms with Gasteiger partial charge in [0, 0.05) is 18.6 Å². The van der Waals surface area contributed by atoms with Gasteiger partial charge in [-0.25, -0.2) is 13.4 Å². The van der Waals surface area contributed by atoms with E-state index in [2.05, 4.69) is 4.98 Å². The molecule has 0 atom stereocenters. The van der Waals surface area contributed by atoms with Crippen molar-refractivity contribution in [1.82, 2.24) is 13.7 Å². The number of sulfonamides is 1. The van der Waals surface area contributed by atoms with Crippen LogP contribution in [0.2, 0.25) is 0 Å². The molecule has 0 radical (unpaired) electrons. The lowest BCUT2D eigenvalue weighted by atomic mass is 9.87. The predicted octanol–water partition coefficient (Wildman–Crippen LogP) is 3.05. The molecule has 2 heterocycles. The summed E-state index contributed by atoms with van der Waals surface area (Å²) < 4.78 is 29.3. The van der Waals surface area contributed by atoms with Gasteiger partial charge in [0.1, 0.15) is 0 Å². The van der Waals surface area contributed by atoms with E-state index in [1.165, 1.54) is 17.1 Å². The van der Waals surface area contributed by atoms with Crippen molar-refractivity contribution in [2.45, 2.75) is 45.6 Å². The minimum absolute atomic E-state index is 0.0575. The van der Waals surface area contributed by atoms with Gasteiger partial charge < -0.3 is 0 Å². The second-order valence-electron chi connectivity index (χ2n) is 7.36. The number of nitrogens with zero attached hydrogens (tertiary/aromatic N) is 3. The van der Waals surface area contributed by atoms with Gasteiger partial charge in [0.2, 0.25) is 10.0 Å². The normalized spacial score (nSPS) is 27.5. The van der Waals surface area contributed by atoms with Crippen LogP contribution in [0.25, 0.3) is 4.96 Å². The van der Waals surface area contributed by atoms with Gasteiger partial charge >= 0.3 is 0 Å². The third-order valence-electron chi connectivity index (χ3n) is 5.78. The Morgan fingerprint density at radius 3 is 2.83 bits per heavy atom. The van der Waals surface area contributed by atoms with E-state index in [-0.39, 0.29) is 5.41 Å². The fourth-order valence-electron chi connectivity index (χ4n) is 4.45. The van der Waals surface area contributed by atoms with E-state index in [4.69, 9.17) is 0 Å². The second kappa shape index (κ2) is 5.29. The topological polar surface area (TPSA) is 54.7 Å². The van der Waals surface area contributed by atoms with Crippen molar-refractivity contribution < 1.29 is 8.42 Å². The SMILES string of the molecule is Cc1nc2sccn2c1CN(C)S(=O)(=O)CC12CCC(CC1)C2. The molecule has 23 heavy (non-hydrogen) atoms. The lowest BCUT2D eigenvalue weighted by Crippen LogP contribution is -2.36. The van der Waals surface area contributed by atoms with Crippen molar-refractivity contribution in [3.05, 3.63) is 23.0 Å². The van der Waals surface area contributed by atoms with E-state index in [0.29, 0.717) is 12.3 Å². The van der Waals surface area contributed by atoms with Crippen LogP contribution in [0.5, 0.6) is 0 Å². The van der Waals surface area contributed by atoms with Gasteiger partial charge in [0.05, 0.1) is 23.7 Å². The van der Waals surface area contributed by atoms with Crippen molar-refractivity contribution in [3.8, 4) is 0 Å². The smallest absolute Gasteiger partial charge is 0.214 e. The van der Waals surface area contributed by atoms with Crippen molar-refractivity contribution in [2.24, 2.45) is 11.3 Å². The van der Waals surface area contributed by atoms with Gasteiger partial charge in [-0.15, -0.1) is 11.3 Å². The highest BCUT2D eigenvalue weighted by Crippen LogP contribution is 2.54. The largest absolute Gasteiger partial charge is 0.293 e. The lowest BCUT2D eigenvalue weighted by molar-refractivity contribution is 0.325. The predicted molar refractivity (Wildman–Crippen MR) is 92.1 cm³/mol. The molecule has 0 N–H and O–H groups in total. The molecule has 2 aromatic rings. The summed E-state index contributed by atoms with van der Waals surface area (Å²) in [6.07, 6.45) is 7.69. The Labute approximate surface area is 141 Å². The van der Waals surface area contributed by atoms with E-state index >= 15 is 0 Å². The Bertz CT molecular complexity index is 829. The number of aryl methyl sites for hydroxylation is 1. The zero-order chi connectivity index (χ0) is 16.2. The lowest BCUT2D eigenvalue weighted by Gasteiger charge is -2.28. The average Bonchev–Trinajstić information content (AvgIpc) is 3.21. The van der Waals surface area contributed by atoms with Crippen LogP contribution >= 0.6 is 11.3 Å². The first kappa shape index (κ1) is 15.6. The van der Waals surface area contributed by atoms with Gasteiger partial charge in [0.25, 0.3) is 0 Å². The number of hydrogen-bond donors (Lipinski definition) is 0. The van der Waals surface area contributed by atoms with Crippen LogP contribution < -0.4 is 0 Å². The number of aromatic nitrogens is 2. The van der Waals surface area contributed by atoms with E-state index in [9.17, 15) is 8.42 Å². The molecule has 0 spiro atoms. The average molecular weight is 354 g/mol. The van der Waals surface area contributed by atoms with Crippen molar-refractivity contribution in [2.75, 3.05) is 12.8 Å². The zero-order valence-corrected chi connectivity index (χ0v) is 15.3. The van der Waals surface area contributed by atoms with Crippen molar-refractivity contribution in [1.29, 1.82) is 0 Å². The first-order valence-corrected chi connectivity index (χ1v) is 10.7. The number of rotatable bonds is 5. The molecule has 0 unspecified atom stereocenters. The number of thiazole rings is 1. The van der Waals surface area contributed by atoms with Gasteiger partial charge in [-0.1, -0.05) is 0 Å². The molecule has 2 aromatic heterocycles. The third kappa shape index (κ3) is 2.62. The molecule has 5 nitrogen and oxygen atoms in total. The summed E-state index contributed by atoms with van der Waals surface area (Å²) in [5.74, 6) is 1.09. The van der Waals surface area contributed by atoms with E-state index in [1.54, 1.807) is 18.4 Å². The second-order valence-corrected chi connectivity index (χ2v) is 10.3. The summed E-state index contributed by atoms with van der Waals surface area (Å²) >= 11 is 1.58. The molecule has 2 aliphatic carbocycles. The van der Waals surface area contributed by atoms with Gasteiger partial charge in [0.15, 0.2) is 4.96 Å². The number of fused-ring (bicyclic) bond motifs is 3. The van der Waals surface area contributed by atoms with Gasteiger partial charge in [-0.05, 0) is 50.4 Å². The summed E-state index contributed by atoms with van der Waals surface area (Å²) in [5, 5.41) is 1.98. The molecule has 126 valence electrons. The van der Waals surface area contributed by atoms with Crippen LogP contribution in [0.4, 0.5) is 0 Å². The molecular formula is C16H23N3O2S2. The highest BCUT2D eigenvalue weighted by molar-refractivity contribution is 7.89. The first-order valence-electron chi connectivity index (χ1n) is 8.24. The zero-order valence-electron chi connectivity index (χ0n) is 13.7. The molecule has 0 saturated heterocycles. The maximum Gasteiger partial charge on any atom is 0.214 e. The molecule has 2 saturated carbocycles. The molecule has 7 heteroatoms. The van der Waals surface area contributed by atoms with Crippen LogP contribution in [-0.4, -0.2) is 34.9 Å². The molecule has 4 rings (SSSR count). The van der Waals surface area contributed by atoms with Crippen molar-refractivity contribution >= 4 is 26.3 Å². The van der Waals surface area contributed by atoms with Crippen molar-refractivity contribution in [3.63, 3.8) is 0 Å². The summed E-state index contributed by atoms with van der Waals surface area (Å²) in [5.41, 5.74) is 1.95. The summed E-state index contributed by atoms with van der Waals surface area (Å²) in [6, 6.07) is 0. The molecule has 2 bridgehead atoms. The molecule has 2 fully saturated rings. The maximum atomic E-state index is 12.9. The first-order chi connectivity index (χ1) is 10.9. The molecule has 0 aromatic carbocycles.